The van der Waals surface area contributed by atoms with Gasteiger partial charge in [0, 0.05) is 23.0 Å². The molecule has 2 heterocycles. The fourth-order valence-corrected chi connectivity index (χ4v) is 4.27. The summed E-state index contributed by atoms with van der Waals surface area (Å²) < 4.78 is 22.8. The minimum atomic E-state index is -0.648. The first-order chi connectivity index (χ1) is 17.1. The Morgan fingerprint density at radius 2 is 1.72 bits per heavy atom. The van der Waals surface area contributed by atoms with Crippen molar-refractivity contribution >= 4 is 11.8 Å². The number of aryl methyl sites for hydroxylation is 2. The van der Waals surface area contributed by atoms with Crippen LogP contribution in [0.4, 0.5) is 10.5 Å². The molecule has 190 valence electrons. The summed E-state index contributed by atoms with van der Waals surface area (Å²) in [6.45, 7) is 12.8. The molecule has 3 aromatic rings. The molecule has 1 aromatic heterocycles. The highest BCUT2D eigenvalue weighted by Gasteiger charge is 2.26. The third kappa shape index (κ3) is 5.56. The second-order valence-electron chi connectivity index (χ2n) is 10.0. The van der Waals surface area contributed by atoms with Crippen LogP contribution in [0.5, 0.6) is 17.2 Å². The summed E-state index contributed by atoms with van der Waals surface area (Å²) in [5, 5.41) is 0. The lowest BCUT2D eigenvalue weighted by molar-refractivity contribution is 0.0577. The molecule has 1 amide bonds. The lowest BCUT2D eigenvalue weighted by Gasteiger charge is -2.28. The molecule has 0 saturated carbocycles. The van der Waals surface area contributed by atoms with E-state index >= 15 is 0 Å². The van der Waals surface area contributed by atoms with Crippen molar-refractivity contribution in [3.05, 3.63) is 65.0 Å². The Labute approximate surface area is 213 Å². The van der Waals surface area contributed by atoms with Crippen LogP contribution in [-0.4, -0.2) is 37.0 Å². The van der Waals surface area contributed by atoms with E-state index in [4.69, 9.17) is 18.9 Å². The molecule has 0 fully saturated rings. The van der Waals surface area contributed by atoms with Gasteiger partial charge in [0.1, 0.15) is 24.6 Å². The lowest BCUT2D eigenvalue weighted by atomic mass is 10.0. The van der Waals surface area contributed by atoms with Gasteiger partial charge in [0.05, 0.1) is 19.3 Å². The van der Waals surface area contributed by atoms with E-state index in [-0.39, 0.29) is 6.54 Å². The molecule has 7 heteroatoms. The third-order valence-corrected chi connectivity index (χ3v) is 5.92. The Hall–Kier alpha value is -3.74. The summed E-state index contributed by atoms with van der Waals surface area (Å²) >= 11 is 0. The maximum Gasteiger partial charge on any atom is 0.415 e. The SMILES string of the molecule is COc1c(C)cnc(CN(C(=O)OC(C)(C)C)c2cc(C)cc(-c3ccc4c(c3)OCCO4)c2)c1C. The van der Waals surface area contributed by atoms with Gasteiger partial charge in [0.2, 0.25) is 0 Å². The van der Waals surface area contributed by atoms with Gasteiger partial charge >= 0.3 is 6.09 Å². The van der Waals surface area contributed by atoms with Gasteiger partial charge in [0.25, 0.3) is 0 Å². The summed E-state index contributed by atoms with van der Waals surface area (Å²) in [6, 6.07) is 11.9. The summed E-state index contributed by atoms with van der Waals surface area (Å²) in [7, 11) is 1.64. The zero-order chi connectivity index (χ0) is 26.0. The predicted molar refractivity (Wildman–Crippen MR) is 140 cm³/mol. The molecule has 0 saturated heterocycles. The molecule has 36 heavy (non-hydrogen) atoms. The Morgan fingerprint density at radius 1 is 1.00 bits per heavy atom. The van der Waals surface area contributed by atoms with Crippen molar-refractivity contribution < 1.29 is 23.7 Å². The summed E-state index contributed by atoms with van der Waals surface area (Å²) in [5.74, 6) is 2.23. The number of carbonyl (C=O) groups is 1. The Kier molecular flexibility index (Phi) is 7.11. The largest absolute Gasteiger partial charge is 0.496 e. The van der Waals surface area contributed by atoms with Crippen molar-refractivity contribution in [3.63, 3.8) is 0 Å². The first kappa shape index (κ1) is 25.4. The molecule has 0 aliphatic carbocycles. The zero-order valence-corrected chi connectivity index (χ0v) is 22.1. The number of pyridine rings is 1. The van der Waals surface area contributed by atoms with E-state index in [1.807, 2.05) is 71.9 Å². The van der Waals surface area contributed by atoms with Crippen LogP contribution in [-0.2, 0) is 11.3 Å². The van der Waals surface area contributed by atoms with Gasteiger partial charge in [-0.3, -0.25) is 9.88 Å². The predicted octanol–water partition coefficient (Wildman–Crippen LogP) is 6.40. The van der Waals surface area contributed by atoms with Gasteiger partial charge in [0.15, 0.2) is 11.5 Å². The van der Waals surface area contributed by atoms with Crippen LogP contribution < -0.4 is 19.1 Å². The molecular formula is C29H34N2O5. The number of anilines is 1. The highest BCUT2D eigenvalue weighted by atomic mass is 16.6. The van der Waals surface area contributed by atoms with Crippen LogP contribution >= 0.6 is 0 Å². The fourth-order valence-electron chi connectivity index (χ4n) is 4.27. The van der Waals surface area contributed by atoms with Crippen molar-refractivity contribution in [1.29, 1.82) is 0 Å². The van der Waals surface area contributed by atoms with Gasteiger partial charge in [-0.15, -0.1) is 0 Å². The van der Waals surface area contributed by atoms with E-state index in [0.29, 0.717) is 13.2 Å². The highest BCUT2D eigenvalue weighted by Crippen LogP contribution is 2.36. The Balaban J connectivity index is 1.77. The van der Waals surface area contributed by atoms with Crippen molar-refractivity contribution in [3.8, 4) is 28.4 Å². The van der Waals surface area contributed by atoms with Gasteiger partial charge < -0.3 is 18.9 Å². The molecule has 0 atom stereocenters. The summed E-state index contributed by atoms with van der Waals surface area (Å²) in [4.78, 5) is 19.7. The van der Waals surface area contributed by atoms with Crippen LogP contribution in [0.1, 0.15) is 43.2 Å². The number of hydrogen-bond acceptors (Lipinski definition) is 6. The quantitative estimate of drug-likeness (QED) is 0.412. The number of hydrogen-bond donors (Lipinski definition) is 0. The Bertz CT molecular complexity index is 1280. The number of methoxy groups -OCH3 is 1. The molecule has 0 bridgehead atoms. The minimum absolute atomic E-state index is 0.238. The summed E-state index contributed by atoms with van der Waals surface area (Å²) in [5.41, 5.74) is 5.59. The van der Waals surface area contributed by atoms with Crippen molar-refractivity contribution in [1.82, 2.24) is 4.98 Å². The van der Waals surface area contributed by atoms with E-state index in [1.165, 1.54) is 0 Å². The number of rotatable bonds is 5. The maximum atomic E-state index is 13.5. The lowest BCUT2D eigenvalue weighted by Crippen LogP contribution is -2.37. The standard InChI is InChI=1S/C29H34N2O5/c1-18-12-22(21-8-9-25-26(15-21)35-11-10-34-25)14-23(13-18)31(28(32)36-29(4,5)6)17-24-20(3)27(33-7)19(2)16-30-24/h8-9,12-16H,10-11,17H2,1-7H3. The van der Waals surface area contributed by atoms with E-state index in [1.54, 1.807) is 18.2 Å². The average Bonchev–Trinajstić information content (AvgIpc) is 2.82. The molecule has 0 N–H and O–H groups in total. The van der Waals surface area contributed by atoms with Crippen LogP contribution in [0, 0.1) is 20.8 Å². The number of carbonyl (C=O) groups excluding carboxylic acids is 1. The molecule has 2 aromatic carbocycles. The van der Waals surface area contributed by atoms with E-state index in [9.17, 15) is 4.79 Å². The van der Waals surface area contributed by atoms with Crippen LogP contribution in [0.3, 0.4) is 0 Å². The highest BCUT2D eigenvalue weighted by molar-refractivity contribution is 5.89. The molecule has 7 nitrogen and oxygen atoms in total. The fraction of sp³-hybridized carbons (Fsp3) is 0.379. The van der Waals surface area contributed by atoms with Gasteiger partial charge in [-0.25, -0.2) is 4.79 Å². The minimum Gasteiger partial charge on any atom is -0.496 e. The van der Waals surface area contributed by atoms with Gasteiger partial charge in [-0.1, -0.05) is 12.1 Å². The first-order valence-corrected chi connectivity index (χ1v) is 12.1. The van der Waals surface area contributed by atoms with Crippen LogP contribution in [0.25, 0.3) is 11.1 Å². The number of ether oxygens (including phenoxy) is 4. The molecule has 0 radical (unpaired) electrons. The first-order valence-electron chi connectivity index (χ1n) is 12.1. The zero-order valence-electron chi connectivity index (χ0n) is 22.1. The van der Waals surface area contributed by atoms with Crippen LogP contribution in [0.15, 0.2) is 42.6 Å². The van der Waals surface area contributed by atoms with Gasteiger partial charge in [-0.05, 0) is 82.5 Å². The Morgan fingerprint density at radius 3 is 2.42 bits per heavy atom. The molecule has 1 aliphatic heterocycles. The number of benzene rings is 2. The topological polar surface area (TPSA) is 70.1 Å². The van der Waals surface area contributed by atoms with E-state index in [2.05, 4.69) is 11.1 Å². The molecule has 0 spiro atoms. The maximum absolute atomic E-state index is 13.5. The number of amides is 1. The van der Waals surface area contributed by atoms with E-state index in [0.717, 1.165) is 56.4 Å². The molecule has 1 aliphatic rings. The number of nitrogens with zero attached hydrogens (tertiary/aromatic N) is 2. The molecule has 0 unspecified atom stereocenters. The monoisotopic (exact) mass is 490 g/mol. The third-order valence-electron chi connectivity index (χ3n) is 5.92. The van der Waals surface area contributed by atoms with Crippen molar-refractivity contribution in [2.24, 2.45) is 0 Å². The summed E-state index contributed by atoms with van der Waals surface area (Å²) in [6.07, 6.45) is 1.33. The number of aromatic nitrogens is 1. The molecular weight excluding hydrogens is 456 g/mol. The van der Waals surface area contributed by atoms with Crippen LogP contribution in [0.2, 0.25) is 0 Å². The van der Waals surface area contributed by atoms with Gasteiger partial charge in [-0.2, -0.15) is 0 Å². The second-order valence-corrected chi connectivity index (χ2v) is 10.0. The van der Waals surface area contributed by atoms with Crippen molar-refractivity contribution in [2.45, 2.75) is 53.7 Å². The number of fused-ring (bicyclic) bond motifs is 1. The average molecular weight is 491 g/mol. The van der Waals surface area contributed by atoms with E-state index < -0.39 is 11.7 Å². The normalized spacial score (nSPS) is 12.8. The van der Waals surface area contributed by atoms with Crippen molar-refractivity contribution in [2.75, 3.05) is 25.2 Å². The molecule has 4 rings (SSSR count). The second kappa shape index (κ2) is 10.1. The smallest absolute Gasteiger partial charge is 0.415 e.